The first-order chi connectivity index (χ1) is 13.1. The van der Waals surface area contributed by atoms with Crippen LogP contribution in [-0.2, 0) is 6.54 Å². The zero-order valence-electron chi connectivity index (χ0n) is 15.6. The van der Waals surface area contributed by atoms with Crippen molar-refractivity contribution in [1.82, 2.24) is 14.8 Å². The number of thiophene rings is 1. The summed E-state index contributed by atoms with van der Waals surface area (Å²) in [5.74, 6) is 1.94. The normalized spacial score (nSPS) is 15.9. The van der Waals surface area contributed by atoms with Crippen molar-refractivity contribution in [3.8, 4) is 10.8 Å². The topological polar surface area (TPSA) is 62.7 Å². The third-order valence-corrected chi connectivity index (χ3v) is 5.81. The molecule has 1 aliphatic rings. The van der Waals surface area contributed by atoms with Gasteiger partial charge in [0.15, 0.2) is 5.76 Å². The molecule has 0 bridgehead atoms. The summed E-state index contributed by atoms with van der Waals surface area (Å²) in [5, 5.41) is 0. The van der Waals surface area contributed by atoms with Crippen molar-refractivity contribution in [3.63, 3.8) is 0 Å². The van der Waals surface area contributed by atoms with Gasteiger partial charge in [0.2, 0.25) is 5.89 Å². The van der Waals surface area contributed by atoms with E-state index in [1.54, 1.807) is 23.5 Å². The molecule has 4 heterocycles. The Morgan fingerprint density at radius 1 is 1.19 bits per heavy atom. The minimum absolute atomic E-state index is 0.0326. The molecule has 1 fully saturated rings. The Bertz CT molecular complexity index is 913. The fourth-order valence-electron chi connectivity index (χ4n) is 3.33. The summed E-state index contributed by atoms with van der Waals surface area (Å²) in [5.41, 5.74) is 0.974. The van der Waals surface area contributed by atoms with Gasteiger partial charge in [0, 0.05) is 37.6 Å². The highest BCUT2D eigenvalue weighted by Crippen LogP contribution is 2.29. The first-order valence-corrected chi connectivity index (χ1v) is 10.00. The second-order valence-electron chi connectivity index (χ2n) is 6.83. The molecule has 0 atom stereocenters. The summed E-state index contributed by atoms with van der Waals surface area (Å²) < 4.78 is 11.1. The fourth-order valence-corrected chi connectivity index (χ4v) is 4.12. The number of aromatic nitrogens is 1. The first kappa shape index (κ1) is 18.0. The van der Waals surface area contributed by atoms with Crippen LogP contribution in [0.2, 0.25) is 0 Å². The van der Waals surface area contributed by atoms with Crippen LogP contribution in [0.5, 0.6) is 0 Å². The van der Waals surface area contributed by atoms with Gasteiger partial charge in [0.1, 0.15) is 5.76 Å². The number of carbonyl (C=O) groups excluding carboxylic acids is 1. The standard InChI is InChI=1S/C20H23N3O3S/c1-14-6-7-18(27-14)19-21-16(15(2)26-19)13-22-8-4-9-23(11-10-22)20(24)17-5-3-12-25-17/h3,5-7,12H,4,8-11,13H2,1-2H3. The van der Waals surface area contributed by atoms with E-state index in [1.165, 1.54) is 11.1 Å². The van der Waals surface area contributed by atoms with Crippen LogP contribution in [0.1, 0.15) is 33.3 Å². The van der Waals surface area contributed by atoms with E-state index in [4.69, 9.17) is 13.8 Å². The second kappa shape index (κ2) is 7.70. The molecular weight excluding hydrogens is 362 g/mol. The minimum atomic E-state index is -0.0326. The summed E-state index contributed by atoms with van der Waals surface area (Å²) in [6.07, 6.45) is 2.47. The van der Waals surface area contributed by atoms with Gasteiger partial charge < -0.3 is 13.7 Å². The molecule has 1 saturated heterocycles. The van der Waals surface area contributed by atoms with Crippen LogP contribution in [-0.4, -0.2) is 46.9 Å². The first-order valence-electron chi connectivity index (χ1n) is 9.18. The number of oxazole rings is 1. The van der Waals surface area contributed by atoms with Gasteiger partial charge in [0.25, 0.3) is 5.91 Å². The average molecular weight is 385 g/mol. The van der Waals surface area contributed by atoms with E-state index in [0.717, 1.165) is 48.9 Å². The van der Waals surface area contributed by atoms with Crippen molar-refractivity contribution in [3.05, 3.63) is 52.6 Å². The number of aryl methyl sites for hydroxylation is 2. The molecule has 0 radical (unpaired) electrons. The summed E-state index contributed by atoms with van der Waals surface area (Å²) in [6.45, 7) is 7.96. The van der Waals surface area contributed by atoms with E-state index in [-0.39, 0.29) is 5.91 Å². The van der Waals surface area contributed by atoms with Crippen molar-refractivity contribution in [2.75, 3.05) is 26.2 Å². The molecule has 7 heteroatoms. The van der Waals surface area contributed by atoms with E-state index < -0.39 is 0 Å². The van der Waals surface area contributed by atoms with Crippen LogP contribution < -0.4 is 0 Å². The Hall–Kier alpha value is -2.38. The zero-order chi connectivity index (χ0) is 18.8. The molecule has 4 rings (SSSR count). The number of furan rings is 1. The lowest BCUT2D eigenvalue weighted by Gasteiger charge is -2.20. The molecule has 3 aromatic heterocycles. The van der Waals surface area contributed by atoms with Gasteiger partial charge in [-0.15, -0.1) is 11.3 Å². The Kier molecular flexibility index (Phi) is 5.13. The number of amides is 1. The lowest BCUT2D eigenvalue weighted by molar-refractivity contribution is 0.0729. The predicted molar refractivity (Wildman–Crippen MR) is 104 cm³/mol. The van der Waals surface area contributed by atoms with Crippen molar-refractivity contribution in [1.29, 1.82) is 0 Å². The van der Waals surface area contributed by atoms with Crippen molar-refractivity contribution < 1.29 is 13.6 Å². The molecule has 142 valence electrons. The molecule has 0 unspecified atom stereocenters. The van der Waals surface area contributed by atoms with Gasteiger partial charge in [0.05, 0.1) is 16.8 Å². The lowest BCUT2D eigenvalue weighted by Crippen LogP contribution is -2.35. The maximum Gasteiger partial charge on any atom is 0.289 e. The van der Waals surface area contributed by atoms with Gasteiger partial charge >= 0.3 is 0 Å². The molecule has 1 amide bonds. The maximum absolute atomic E-state index is 12.5. The van der Waals surface area contributed by atoms with Crippen molar-refractivity contribution in [2.45, 2.75) is 26.8 Å². The van der Waals surface area contributed by atoms with Gasteiger partial charge in [-0.25, -0.2) is 4.98 Å². The lowest BCUT2D eigenvalue weighted by atomic mass is 10.3. The quantitative estimate of drug-likeness (QED) is 0.680. The SMILES string of the molecule is Cc1ccc(-c2nc(CN3CCCN(C(=O)c4ccco4)CC3)c(C)o2)s1. The molecular formula is C20H23N3O3S. The molecule has 3 aromatic rings. The van der Waals surface area contributed by atoms with Gasteiger partial charge in [-0.1, -0.05) is 0 Å². The fraction of sp³-hybridized carbons (Fsp3) is 0.400. The number of hydrogen-bond donors (Lipinski definition) is 0. The largest absolute Gasteiger partial charge is 0.459 e. The van der Waals surface area contributed by atoms with Gasteiger partial charge in [-0.05, 0) is 44.5 Å². The summed E-state index contributed by atoms with van der Waals surface area (Å²) in [4.78, 5) is 23.7. The summed E-state index contributed by atoms with van der Waals surface area (Å²) >= 11 is 1.69. The highest BCUT2D eigenvalue weighted by molar-refractivity contribution is 7.15. The predicted octanol–water partition coefficient (Wildman–Crippen LogP) is 3.96. The van der Waals surface area contributed by atoms with Crippen LogP contribution >= 0.6 is 11.3 Å². The van der Waals surface area contributed by atoms with Crippen molar-refractivity contribution >= 4 is 17.2 Å². The molecule has 27 heavy (non-hydrogen) atoms. The number of nitrogens with zero attached hydrogens (tertiary/aromatic N) is 3. The Morgan fingerprint density at radius 2 is 2.07 bits per heavy atom. The number of rotatable bonds is 4. The molecule has 0 saturated carbocycles. The maximum atomic E-state index is 12.5. The highest BCUT2D eigenvalue weighted by Gasteiger charge is 2.23. The third kappa shape index (κ3) is 3.99. The van der Waals surface area contributed by atoms with Crippen molar-refractivity contribution in [2.24, 2.45) is 0 Å². The van der Waals surface area contributed by atoms with E-state index in [0.29, 0.717) is 18.2 Å². The molecule has 1 aliphatic heterocycles. The monoisotopic (exact) mass is 385 g/mol. The molecule has 0 aliphatic carbocycles. The molecule has 6 nitrogen and oxygen atoms in total. The highest BCUT2D eigenvalue weighted by atomic mass is 32.1. The van der Waals surface area contributed by atoms with Gasteiger partial charge in [-0.3, -0.25) is 9.69 Å². The Balaban J connectivity index is 1.40. The number of hydrogen-bond acceptors (Lipinski definition) is 6. The zero-order valence-corrected chi connectivity index (χ0v) is 16.4. The second-order valence-corrected chi connectivity index (χ2v) is 8.12. The van der Waals surface area contributed by atoms with E-state index in [1.807, 2.05) is 11.8 Å². The van der Waals surface area contributed by atoms with Crippen LogP contribution in [0, 0.1) is 13.8 Å². The molecule has 0 N–H and O–H groups in total. The summed E-state index contributed by atoms with van der Waals surface area (Å²) in [7, 11) is 0. The van der Waals surface area contributed by atoms with Crippen LogP contribution in [0.25, 0.3) is 10.8 Å². The minimum Gasteiger partial charge on any atom is -0.459 e. The van der Waals surface area contributed by atoms with Crippen LogP contribution in [0.3, 0.4) is 0 Å². The summed E-state index contributed by atoms with van der Waals surface area (Å²) in [6, 6.07) is 7.60. The smallest absolute Gasteiger partial charge is 0.289 e. The molecule has 0 spiro atoms. The van der Waals surface area contributed by atoms with E-state index >= 15 is 0 Å². The Labute approximate surface area is 162 Å². The van der Waals surface area contributed by atoms with Crippen LogP contribution in [0.15, 0.2) is 39.4 Å². The Morgan fingerprint density at radius 3 is 2.81 bits per heavy atom. The average Bonchev–Trinajstić information content (AvgIpc) is 3.36. The van der Waals surface area contributed by atoms with E-state index in [2.05, 4.69) is 24.0 Å². The molecule has 0 aromatic carbocycles. The van der Waals surface area contributed by atoms with Gasteiger partial charge in [-0.2, -0.15) is 0 Å². The third-order valence-electron chi connectivity index (χ3n) is 4.82. The van der Waals surface area contributed by atoms with Crippen LogP contribution in [0.4, 0.5) is 0 Å². The van der Waals surface area contributed by atoms with E-state index in [9.17, 15) is 4.79 Å². The number of carbonyl (C=O) groups is 1.